The van der Waals surface area contributed by atoms with Crippen LogP contribution in [-0.2, 0) is 10.7 Å². The molecule has 2 atom stereocenters. The zero-order valence-corrected chi connectivity index (χ0v) is 12.7. The highest BCUT2D eigenvalue weighted by Crippen LogP contribution is 2.32. The molecule has 2 N–H and O–H groups in total. The van der Waals surface area contributed by atoms with Crippen molar-refractivity contribution in [1.82, 2.24) is 9.88 Å². The first-order chi connectivity index (χ1) is 9.17. The van der Waals surface area contributed by atoms with Gasteiger partial charge in [0.1, 0.15) is 5.01 Å². The van der Waals surface area contributed by atoms with Gasteiger partial charge in [-0.3, -0.25) is 9.69 Å². The number of likely N-dealkylation sites (tertiary alicyclic amines) is 1. The van der Waals surface area contributed by atoms with Crippen LogP contribution >= 0.6 is 22.9 Å². The Kier molecular flexibility index (Phi) is 5.19. The highest BCUT2D eigenvalue weighted by atomic mass is 35.5. The first-order valence-electron chi connectivity index (χ1n) is 6.72. The van der Waals surface area contributed by atoms with Gasteiger partial charge >= 0.3 is 0 Å². The van der Waals surface area contributed by atoms with Crippen molar-refractivity contribution in [2.24, 2.45) is 5.73 Å². The second-order valence-electron chi connectivity index (χ2n) is 4.89. The number of hydrogen-bond donors (Lipinski definition) is 1. The van der Waals surface area contributed by atoms with E-state index in [1.54, 1.807) is 11.3 Å². The van der Waals surface area contributed by atoms with Crippen molar-refractivity contribution in [3.05, 3.63) is 16.1 Å². The fourth-order valence-electron chi connectivity index (χ4n) is 2.72. The molecule has 0 aliphatic carbocycles. The van der Waals surface area contributed by atoms with Crippen molar-refractivity contribution in [3.8, 4) is 0 Å². The molecule has 1 saturated heterocycles. The molecule has 2 rings (SSSR count). The van der Waals surface area contributed by atoms with Crippen LogP contribution < -0.4 is 5.73 Å². The number of carbonyl (C=O) groups excluding carboxylic acids is 1. The molecule has 1 aliphatic rings. The van der Waals surface area contributed by atoms with Gasteiger partial charge in [-0.25, -0.2) is 4.98 Å². The molecule has 1 aromatic rings. The van der Waals surface area contributed by atoms with Crippen LogP contribution in [-0.4, -0.2) is 28.4 Å². The Morgan fingerprint density at radius 1 is 1.68 bits per heavy atom. The number of carbonyl (C=O) groups is 1. The lowest BCUT2D eigenvalue weighted by Crippen LogP contribution is -2.49. The van der Waals surface area contributed by atoms with Gasteiger partial charge in [0, 0.05) is 5.38 Å². The van der Waals surface area contributed by atoms with Crippen molar-refractivity contribution in [2.75, 3.05) is 6.54 Å². The quantitative estimate of drug-likeness (QED) is 0.851. The van der Waals surface area contributed by atoms with E-state index in [0.717, 1.165) is 42.9 Å². The third kappa shape index (κ3) is 3.27. The van der Waals surface area contributed by atoms with E-state index in [1.165, 1.54) is 0 Å². The summed E-state index contributed by atoms with van der Waals surface area (Å²) in [6, 6.07) is 0.0295. The topological polar surface area (TPSA) is 59.2 Å². The Balaban J connectivity index is 2.21. The standard InChI is InChI=1S/C13H20ClN3OS/c1-2-10(13-16-9(7-14)8-19-13)17-6-4-3-5-11(17)12(15)18/h8,10-11H,2-7H2,1H3,(H2,15,18). The Labute approximate surface area is 122 Å². The van der Waals surface area contributed by atoms with E-state index in [9.17, 15) is 4.79 Å². The second kappa shape index (κ2) is 6.68. The number of halogens is 1. The molecule has 1 aliphatic heterocycles. The molecule has 19 heavy (non-hydrogen) atoms. The van der Waals surface area contributed by atoms with E-state index in [1.807, 2.05) is 5.38 Å². The molecule has 0 radical (unpaired) electrons. The van der Waals surface area contributed by atoms with E-state index >= 15 is 0 Å². The first kappa shape index (κ1) is 14.8. The molecule has 0 spiro atoms. The molecule has 1 fully saturated rings. The normalized spacial score (nSPS) is 22.3. The van der Waals surface area contributed by atoms with Crippen molar-refractivity contribution in [3.63, 3.8) is 0 Å². The Bertz CT molecular complexity index is 437. The molecule has 2 unspecified atom stereocenters. The summed E-state index contributed by atoms with van der Waals surface area (Å²) in [5.74, 6) is 0.221. The summed E-state index contributed by atoms with van der Waals surface area (Å²) in [6.45, 7) is 3.04. The van der Waals surface area contributed by atoms with E-state index in [0.29, 0.717) is 5.88 Å². The molecule has 2 heterocycles. The maximum atomic E-state index is 11.6. The Morgan fingerprint density at radius 3 is 3.05 bits per heavy atom. The van der Waals surface area contributed by atoms with Gasteiger partial charge in [-0.1, -0.05) is 13.3 Å². The molecule has 4 nitrogen and oxygen atoms in total. The number of rotatable bonds is 5. The van der Waals surface area contributed by atoms with Gasteiger partial charge in [0.05, 0.1) is 23.7 Å². The zero-order valence-electron chi connectivity index (χ0n) is 11.1. The fourth-order valence-corrected chi connectivity index (χ4v) is 3.97. The van der Waals surface area contributed by atoms with E-state index in [-0.39, 0.29) is 18.0 Å². The first-order valence-corrected chi connectivity index (χ1v) is 8.14. The summed E-state index contributed by atoms with van der Waals surface area (Å²) in [5, 5.41) is 3.04. The number of piperidine rings is 1. The van der Waals surface area contributed by atoms with Crippen LogP contribution in [0.4, 0.5) is 0 Å². The lowest BCUT2D eigenvalue weighted by atomic mass is 9.98. The van der Waals surface area contributed by atoms with Gasteiger partial charge in [-0.2, -0.15) is 0 Å². The molecule has 0 aromatic carbocycles. The average Bonchev–Trinajstić information content (AvgIpc) is 2.89. The summed E-state index contributed by atoms with van der Waals surface area (Å²) in [4.78, 5) is 18.4. The number of alkyl halides is 1. The highest BCUT2D eigenvalue weighted by molar-refractivity contribution is 7.09. The van der Waals surface area contributed by atoms with Crippen LogP contribution in [0.1, 0.15) is 49.4 Å². The van der Waals surface area contributed by atoms with Gasteiger partial charge in [0.2, 0.25) is 5.91 Å². The van der Waals surface area contributed by atoms with Gasteiger partial charge in [-0.15, -0.1) is 22.9 Å². The van der Waals surface area contributed by atoms with Crippen LogP contribution in [0.15, 0.2) is 5.38 Å². The van der Waals surface area contributed by atoms with Crippen molar-refractivity contribution < 1.29 is 4.79 Å². The van der Waals surface area contributed by atoms with Gasteiger partial charge < -0.3 is 5.73 Å². The molecule has 1 aromatic heterocycles. The van der Waals surface area contributed by atoms with Crippen molar-refractivity contribution in [2.45, 2.75) is 50.6 Å². The van der Waals surface area contributed by atoms with Gasteiger partial charge in [0.25, 0.3) is 0 Å². The Hall–Kier alpha value is -0.650. The molecule has 6 heteroatoms. The third-order valence-corrected chi connectivity index (χ3v) is 4.92. The summed E-state index contributed by atoms with van der Waals surface area (Å²) >= 11 is 7.43. The largest absolute Gasteiger partial charge is 0.368 e. The lowest BCUT2D eigenvalue weighted by molar-refractivity contribution is -0.125. The predicted molar refractivity (Wildman–Crippen MR) is 78.2 cm³/mol. The maximum Gasteiger partial charge on any atom is 0.234 e. The number of thiazole rings is 1. The van der Waals surface area contributed by atoms with Gasteiger partial charge in [0.15, 0.2) is 0 Å². The number of nitrogens with zero attached hydrogens (tertiary/aromatic N) is 2. The molecular weight excluding hydrogens is 282 g/mol. The number of primary amides is 1. The van der Waals surface area contributed by atoms with Crippen LogP contribution in [0.2, 0.25) is 0 Å². The smallest absolute Gasteiger partial charge is 0.234 e. The zero-order chi connectivity index (χ0) is 13.8. The monoisotopic (exact) mass is 301 g/mol. The molecule has 0 saturated carbocycles. The predicted octanol–water partition coefficient (Wildman–Crippen LogP) is 2.67. The Morgan fingerprint density at radius 2 is 2.47 bits per heavy atom. The van der Waals surface area contributed by atoms with Crippen molar-refractivity contribution in [1.29, 1.82) is 0 Å². The van der Waals surface area contributed by atoms with Crippen LogP contribution in [0.5, 0.6) is 0 Å². The third-order valence-electron chi connectivity index (χ3n) is 3.65. The molecule has 1 amide bonds. The summed E-state index contributed by atoms with van der Waals surface area (Å²) in [7, 11) is 0. The van der Waals surface area contributed by atoms with E-state index in [2.05, 4.69) is 16.8 Å². The minimum Gasteiger partial charge on any atom is -0.368 e. The number of nitrogens with two attached hydrogens (primary N) is 1. The number of aromatic nitrogens is 1. The summed E-state index contributed by atoms with van der Waals surface area (Å²) in [5.41, 5.74) is 6.45. The van der Waals surface area contributed by atoms with Crippen LogP contribution in [0, 0.1) is 0 Å². The molecule has 0 bridgehead atoms. The van der Waals surface area contributed by atoms with Gasteiger partial charge in [-0.05, 0) is 25.8 Å². The summed E-state index contributed by atoms with van der Waals surface area (Å²) < 4.78 is 0. The van der Waals surface area contributed by atoms with Crippen LogP contribution in [0.3, 0.4) is 0 Å². The molecular formula is C13H20ClN3OS. The van der Waals surface area contributed by atoms with Crippen molar-refractivity contribution >= 4 is 28.8 Å². The number of amides is 1. The van der Waals surface area contributed by atoms with E-state index in [4.69, 9.17) is 17.3 Å². The SMILES string of the molecule is CCC(c1nc(CCl)cs1)N1CCCCC1C(N)=O. The summed E-state index contributed by atoms with van der Waals surface area (Å²) in [6.07, 6.45) is 3.98. The fraction of sp³-hybridized carbons (Fsp3) is 0.692. The highest BCUT2D eigenvalue weighted by Gasteiger charge is 2.33. The van der Waals surface area contributed by atoms with E-state index < -0.39 is 0 Å². The maximum absolute atomic E-state index is 11.6. The van der Waals surface area contributed by atoms with Crippen LogP contribution in [0.25, 0.3) is 0 Å². The molecule has 106 valence electrons. The average molecular weight is 302 g/mol. The number of hydrogen-bond acceptors (Lipinski definition) is 4. The second-order valence-corrected chi connectivity index (χ2v) is 6.04. The minimum atomic E-state index is -0.215. The lowest BCUT2D eigenvalue weighted by Gasteiger charge is -2.38. The minimum absolute atomic E-state index is 0.151.